The molecule has 0 aromatic heterocycles. The van der Waals surface area contributed by atoms with Gasteiger partial charge in [-0.25, -0.2) is 4.79 Å². The SMILES string of the molecule is CC(C)(C)OC(=O)O.OC(c1ccccc1)C1CCNCC1. The molecule has 0 spiro atoms. The van der Waals surface area contributed by atoms with E-state index in [1.54, 1.807) is 20.8 Å². The summed E-state index contributed by atoms with van der Waals surface area (Å²) in [4.78, 5) is 9.79. The number of ether oxygens (including phenoxy) is 1. The van der Waals surface area contributed by atoms with E-state index < -0.39 is 11.8 Å². The van der Waals surface area contributed by atoms with Gasteiger partial charge in [-0.3, -0.25) is 0 Å². The van der Waals surface area contributed by atoms with Gasteiger partial charge in [0.05, 0.1) is 6.10 Å². The van der Waals surface area contributed by atoms with Gasteiger partial charge in [-0.1, -0.05) is 30.3 Å². The second kappa shape index (κ2) is 8.76. The normalized spacial score (nSPS) is 17.1. The number of aliphatic hydroxyl groups excluding tert-OH is 1. The average Bonchev–Trinajstić information content (AvgIpc) is 2.46. The molecule has 0 amide bonds. The van der Waals surface area contributed by atoms with Crippen LogP contribution in [0.1, 0.15) is 45.3 Å². The van der Waals surface area contributed by atoms with E-state index in [9.17, 15) is 9.90 Å². The summed E-state index contributed by atoms with van der Waals surface area (Å²) in [6.45, 7) is 7.12. The topological polar surface area (TPSA) is 78.8 Å². The summed E-state index contributed by atoms with van der Waals surface area (Å²) in [6.07, 6.45) is 0.655. The van der Waals surface area contributed by atoms with Gasteiger partial charge < -0.3 is 20.3 Å². The van der Waals surface area contributed by atoms with Gasteiger partial charge in [0, 0.05) is 0 Å². The number of benzene rings is 1. The van der Waals surface area contributed by atoms with Crippen LogP contribution < -0.4 is 5.32 Å². The van der Waals surface area contributed by atoms with Gasteiger partial charge in [0.1, 0.15) is 5.60 Å². The van der Waals surface area contributed by atoms with E-state index >= 15 is 0 Å². The number of rotatable bonds is 2. The van der Waals surface area contributed by atoms with Crippen LogP contribution in [0, 0.1) is 5.92 Å². The molecule has 3 N–H and O–H groups in total. The van der Waals surface area contributed by atoms with E-state index in [2.05, 4.69) is 10.1 Å². The van der Waals surface area contributed by atoms with Crippen LogP contribution in [0.5, 0.6) is 0 Å². The molecule has 2 rings (SSSR count). The zero-order valence-corrected chi connectivity index (χ0v) is 13.6. The average molecular weight is 309 g/mol. The van der Waals surface area contributed by atoms with Crippen molar-refractivity contribution >= 4 is 6.16 Å². The molecule has 1 aromatic rings. The van der Waals surface area contributed by atoms with Crippen molar-refractivity contribution in [3.05, 3.63) is 35.9 Å². The van der Waals surface area contributed by atoms with Crippen molar-refractivity contribution < 1.29 is 19.7 Å². The number of carbonyl (C=O) groups is 1. The fraction of sp³-hybridized carbons (Fsp3) is 0.588. The Balaban J connectivity index is 0.000000261. The summed E-state index contributed by atoms with van der Waals surface area (Å²) in [5.41, 5.74) is 0.477. The maximum absolute atomic E-state index is 10.1. The standard InChI is InChI=1S/C12H17NO.C5H10O3/c14-12(10-4-2-1-3-5-10)11-6-8-13-9-7-11;1-5(2,3)8-4(6)7/h1-5,11-14H,6-9H2;1-3H3,(H,6,7). The first-order chi connectivity index (χ1) is 10.3. The molecule has 1 fully saturated rings. The summed E-state index contributed by atoms with van der Waals surface area (Å²) >= 11 is 0. The predicted octanol–water partition coefficient (Wildman–Crippen LogP) is 3.20. The van der Waals surface area contributed by atoms with Gasteiger partial charge in [-0.2, -0.15) is 0 Å². The highest BCUT2D eigenvalue weighted by Crippen LogP contribution is 2.28. The molecule has 1 atom stereocenters. The van der Waals surface area contributed by atoms with E-state index in [0.717, 1.165) is 31.5 Å². The molecule has 5 heteroatoms. The molecular formula is C17H27NO4. The number of nitrogens with one attached hydrogen (secondary N) is 1. The molecule has 1 saturated heterocycles. The molecule has 1 unspecified atom stereocenters. The van der Waals surface area contributed by atoms with Gasteiger partial charge in [-0.05, 0) is 58.2 Å². The van der Waals surface area contributed by atoms with Crippen LogP contribution in [0.25, 0.3) is 0 Å². The maximum Gasteiger partial charge on any atom is 0.506 e. The lowest BCUT2D eigenvalue weighted by molar-refractivity contribution is 0.0150. The molecule has 0 radical (unpaired) electrons. The molecule has 1 aromatic carbocycles. The van der Waals surface area contributed by atoms with E-state index in [-0.39, 0.29) is 6.10 Å². The minimum absolute atomic E-state index is 0.279. The summed E-state index contributed by atoms with van der Waals surface area (Å²) in [5.74, 6) is 0.429. The Labute approximate surface area is 132 Å². The van der Waals surface area contributed by atoms with Crippen molar-refractivity contribution in [2.45, 2.75) is 45.3 Å². The maximum atomic E-state index is 10.1. The molecular weight excluding hydrogens is 282 g/mol. The van der Waals surface area contributed by atoms with E-state index in [1.165, 1.54) is 0 Å². The number of hydrogen-bond donors (Lipinski definition) is 3. The Morgan fingerprint density at radius 2 is 1.77 bits per heavy atom. The molecule has 0 saturated carbocycles. The van der Waals surface area contributed by atoms with Gasteiger partial charge >= 0.3 is 6.16 Å². The zero-order valence-electron chi connectivity index (χ0n) is 13.6. The second-order valence-electron chi connectivity index (χ2n) is 6.42. The van der Waals surface area contributed by atoms with Crippen molar-refractivity contribution in [2.75, 3.05) is 13.1 Å². The van der Waals surface area contributed by atoms with Gasteiger partial charge in [0.15, 0.2) is 0 Å². The molecule has 1 aliphatic heterocycles. The van der Waals surface area contributed by atoms with Crippen molar-refractivity contribution in [1.82, 2.24) is 5.32 Å². The van der Waals surface area contributed by atoms with Crippen LogP contribution >= 0.6 is 0 Å². The van der Waals surface area contributed by atoms with Gasteiger partial charge in [0.2, 0.25) is 0 Å². The third kappa shape index (κ3) is 7.43. The van der Waals surface area contributed by atoms with E-state index in [4.69, 9.17) is 5.11 Å². The Hall–Kier alpha value is -1.59. The molecule has 22 heavy (non-hydrogen) atoms. The van der Waals surface area contributed by atoms with E-state index in [0.29, 0.717) is 5.92 Å². The molecule has 124 valence electrons. The number of piperidine rings is 1. The Morgan fingerprint density at radius 3 is 2.18 bits per heavy atom. The van der Waals surface area contributed by atoms with Crippen molar-refractivity contribution in [1.29, 1.82) is 0 Å². The first kappa shape index (κ1) is 18.5. The van der Waals surface area contributed by atoms with Crippen LogP contribution in [-0.2, 0) is 4.74 Å². The largest absolute Gasteiger partial charge is 0.506 e. The summed E-state index contributed by atoms with van der Waals surface area (Å²) in [7, 11) is 0. The van der Waals surface area contributed by atoms with Crippen LogP contribution in [0.15, 0.2) is 30.3 Å². The summed E-state index contributed by atoms with van der Waals surface area (Å²) < 4.78 is 4.35. The molecule has 0 bridgehead atoms. The predicted molar refractivity (Wildman–Crippen MR) is 85.9 cm³/mol. The van der Waals surface area contributed by atoms with Crippen molar-refractivity contribution in [3.63, 3.8) is 0 Å². The van der Waals surface area contributed by atoms with Crippen LogP contribution in [0.4, 0.5) is 4.79 Å². The highest BCUT2D eigenvalue weighted by molar-refractivity contribution is 5.57. The molecule has 0 aliphatic carbocycles. The lowest BCUT2D eigenvalue weighted by atomic mass is 9.88. The third-order valence-electron chi connectivity index (χ3n) is 3.36. The third-order valence-corrected chi connectivity index (χ3v) is 3.36. The first-order valence-corrected chi connectivity index (χ1v) is 7.65. The monoisotopic (exact) mass is 309 g/mol. The lowest BCUT2D eigenvalue weighted by Gasteiger charge is -2.27. The summed E-state index contributed by atoms with van der Waals surface area (Å²) in [6, 6.07) is 9.97. The van der Waals surface area contributed by atoms with Crippen molar-refractivity contribution in [3.8, 4) is 0 Å². The van der Waals surface area contributed by atoms with Crippen LogP contribution in [0.2, 0.25) is 0 Å². The number of carboxylic acid groups (broad SMARTS) is 1. The number of hydrogen-bond acceptors (Lipinski definition) is 4. The minimum atomic E-state index is -1.22. The Kier molecular flexibility index (Phi) is 7.35. The number of aliphatic hydroxyl groups is 1. The van der Waals surface area contributed by atoms with E-state index in [1.807, 2.05) is 30.3 Å². The molecule has 1 heterocycles. The minimum Gasteiger partial charge on any atom is -0.450 e. The fourth-order valence-corrected chi connectivity index (χ4v) is 2.34. The highest BCUT2D eigenvalue weighted by Gasteiger charge is 2.22. The van der Waals surface area contributed by atoms with Gasteiger partial charge in [-0.15, -0.1) is 0 Å². The smallest absolute Gasteiger partial charge is 0.450 e. The fourth-order valence-electron chi connectivity index (χ4n) is 2.34. The molecule has 1 aliphatic rings. The second-order valence-corrected chi connectivity index (χ2v) is 6.42. The lowest BCUT2D eigenvalue weighted by Crippen LogP contribution is -2.30. The van der Waals surface area contributed by atoms with Crippen LogP contribution in [-0.4, -0.2) is 35.1 Å². The Morgan fingerprint density at radius 1 is 1.23 bits per heavy atom. The van der Waals surface area contributed by atoms with Crippen molar-refractivity contribution in [2.24, 2.45) is 5.92 Å². The van der Waals surface area contributed by atoms with Crippen LogP contribution in [0.3, 0.4) is 0 Å². The quantitative estimate of drug-likeness (QED) is 0.731. The molecule has 5 nitrogen and oxygen atoms in total. The highest BCUT2D eigenvalue weighted by atomic mass is 16.7. The first-order valence-electron chi connectivity index (χ1n) is 7.65. The van der Waals surface area contributed by atoms with Gasteiger partial charge in [0.25, 0.3) is 0 Å². The summed E-state index contributed by atoms with van der Waals surface area (Å²) in [5, 5.41) is 21.5. The Bertz CT molecular complexity index is 436. The zero-order chi connectivity index (χ0) is 16.6.